The summed E-state index contributed by atoms with van der Waals surface area (Å²) in [6, 6.07) is 12.6. The summed E-state index contributed by atoms with van der Waals surface area (Å²) in [4.78, 5) is 38.2. The minimum Gasteiger partial charge on any atom is -0.507 e. The second kappa shape index (κ2) is 7.67. The Morgan fingerprint density at radius 1 is 1.17 bits per heavy atom. The van der Waals surface area contributed by atoms with E-state index in [1.54, 1.807) is 44.2 Å². The number of hydrogen-bond acceptors (Lipinski definition) is 6. The van der Waals surface area contributed by atoms with Crippen LogP contribution in [0.4, 0.5) is 11.4 Å². The van der Waals surface area contributed by atoms with Crippen LogP contribution in [0, 0.1) is 0 Å². The number of hydrogen-bond donors (Lipinski definition) is 3. The fourth-order valence-electron chi connectivity index (χ4n) is 3.16. The topological polar surface area (TPSA) is 116 Å². The molecule has 8 heteroatoms. The van der Waals surface area contributed by atoms with Crippen LogP contribution in [0.1, 0.15) is 24.2 Å². The van der Waals surface area contributed by atoms with Gasteiger partial charge in [-0.15, -0.1) is 0 Å². The van der Waals surface area contributed by atoms with Crippen molar-refractivity contribution in [3.63, 3.8) is 0 Å². The van der Waals surface area contributed by atoms with Crippen LogP contribution in [-0.2, 0) is 14.3 Å². The fraction of sp³-hybridized carbons (Fsp3) is 0.190. The van der Waals surface area contributed by atoms with E-state index in [-0.39, 0.29) is 17.9 Å². The number of carboxylic acids is 1. The Bertz CT molecular complexity index is 1000. The second-order valence-corrected chi connectivity index (χ2v) is 6.56. The van der Waals surface area contributed by atoms with Crippen LogP contribution in [0.2, 0.25) is 0 Å². The van der Waals surface area contributed by atoms with E-state index in [4.69, 9.17) is 9.84 Å². The molecule has 8 nitrogen and oxygen atoms in total. The number of esters is 1. The number of aromatic carboxylic acids is 1. The zero-order valence-electron chi connectivity index (χ0n) is 15.9. The minimum absolute atomic E-state index is 0.104. The van der Waals surface area contributed by atoms with Crippen molar-refractivity contribution in [2.75, 3.05) is 16.8 Å². The van der Waals surface area contributed by atoms with Gasteiger partial charge in [-0.25, -0.2) is 9.59 Å². The number of aromatic hydroxyl groups is 1. The number of phenols is 1. The molecule has 0 aromatic heterocycles. The molecule has 0 unspecified atom stereocenters. The Kier molecular flexibility index (Phi) is 5.27. The first-order valence-electron chi connectivity index (χ1n) is 8.91. The quantitative estimate of drug-likeness (QED) is 0.643. The van der Waals surface area contributed by atoms with Crippen molar-refractivity contribution < 1.29 is 29.3 Å². The summed E-state index contributed by atoms with van der Waals surface area (Å²) in [5.41, 5.74) is -0.713. The molecule has 0 radical (unpaired) electrons. The highest BCUT2D eigenvalue weighted by Crippen LogP contribution is 2.35. The lowest BCUT2D eigenvalue weighted by molar-refractivity contribution is -0.147. The number of amides is 1. The number of nitrogens with zero attached hydrogens (tertiary/aromatic N) is 1. The van der Waals surface area contributed by atoms with Crippen LogP contribution < -0.4 is 10.2 Å². The minimum atomic E-state index is -1.38. The fourth-order valence-corrected chi connectivity index (χ4v) is 3.16. The molecule has 0 spiro atoms. The first-order valence-corrected chi connectivity index (χ1v) is 8.91. The number of rotatable bonds is 6. The third-order valence-corrected chi connectivity index (χ3v) is 4.53. The van der Waals surface area contributed by atoms with Crippen LogP contribution in [0.3, 0.4) is 0 Å². The molecule has 3 N–H and O–H groups in total. The monoisotopic (exact) mass is 396 g/mol. The van der Waals surface area contributed by atoms with Gasteiger partial charge in [-0.2, -0.15) is 0 Å². The van der Waals surface area contributed by atoms with Gasteiger partial charge in [0.2, 0.25) is 0 Å². The first-order chi connectivity index (χ1) is 13.8. The van der Waals surface area contributed by atoms with Crippen molar-refractivity contribution in [2.24, 2.45) is 0 Å². The van der Waals surface area contributed by atoms with Gasteiger partial charge in [0.1, 0.15) is 17.0 Å². The first kappa shape index (κ1) is 19.9. The van der Waals surface area contributed by atoms with E-state index < -0.39 is 29.1 Å². The Hall–Kier alpha value is -3.81. The molecule has 0 saturated heterocycles. The van der Waals surface area contributed by atoms with E-state index in [1.807, 2.05) is 0 Å². The molecule has 1 aliphatic heterocycles. The van der Waals surface area contributed by atoms with Crippen LogP contribution >= 0.6 is 0 Å². The van der Waals surface area contributed by atoms with Crippen molar-refractivity contribution in [2.45, 2.75) is 19.4 Å². The average Bonchev–Trinajstić information content (AvgIpc) is 2.93. The van der Waals surface area contributed by atoms with Gasteiger partial charge in [-0.3, -0.25) is 9.69 Å². The summed E-state index contributed by atoms with van der Waals surface area (Å²) in [5.74, 6) is -2.76. The molecule has 2 aromatic carbocycles. The molecule has 1 heterocycles. The molecule has 0 saturated carbocycles. The third kappa shape index (κ3) is 3.64. The SMILES string of the molecule is CCOC(=O)[C@]1(C)C=C(Nc2ccc(C(=O)O)c(O)c2)C(=O)N1c1ccccc1. The maximum atomic E-state index is 13.1. The maximum Gasteiger partial charge on any atom is 0.339 e. The third-order valence-electron chi connectivity index (χ3n) is 4.53. The molecule has 1 atom stereocenters. The summed E-state index contributed by atoms with van der Waals surface area (Å²) >= 11 is 0. The molecular weight excluding hydrogens is 376 g/mol. The summed E-state index contributed by atoms with van der Waals surface area (Å²) < 4.78 is 5.18. The molecule has 0 aliphatic carbocycles. The zero-order valence-corrected chi connectivity index (χ0v) is 15.9. The van der Waals surface area contributed by atoms with Gasteiger partial charge in [0.25, 0.3) is 5.91 Å². The summed E-state index contributed by atoms with van der Waals surface area (Å²) in [7, 11) is 0. The number of carbonyl (C=O) groups excluding carboxylic acids is 2. The highest BCUT2D eigenvalue weighted by Gasteiger charge is 2.49. The van der Waals surface area contributed by atoms with Gasteiger partial charge in [-0.1, -0.05) is 18.2 Å². The second-order valence-electron chi connectivity index (χ2n) is 6.56. The normalized spacial score (nSPS) is 18.3. The number of ether oxygens (including phenoxy) is 1. The van der Waals surface area contributed by atoms with Crippen molar-refractivity contribution in [1.29, 1.82) is 0 Å². The van der Waals surface area contributed by atoms with Crippen molar-refractivity contribution in [3.8, 4) is 5.75 Å². The summed E-state index contributed by atoms with van der Waals surface area (Å²) in [5, 5.41) is 21.8. The van der Waals surface area contributed by atoms with Gasteiger partial charge in [0, 0.05) is 17.4 Å². The molecule has 1 amide bonds. The molecule has 2 aromatic rings. The van der Waals surface area contributed by atoms with Crippen LogP contribution in [-0.4, -0.2) is 40.2 Å². The lowest BCUT2D eigenvalue weighted by Crippen LogP contribution is -2.51. The van der Waals surface area contributed by atoms with E-state index in [0.717, 1.165) is 0 Å². The highest BCUT2D eigenvalue weighted by atomic mass is 16.5. The molecule has 0 bridgehead atoms. The average molecular weight is 396 g/mol. The van der Waals surface area contributed by atoms with Gasteiger partial charge in [-0.05, 0) is 44.2 Å². The Balaban J connectivity index is 1.99. The van der Waals surface area contributed by atoms with E-state index in [9.17, 15) is 19.5 Å². The summed E-state index contributed by atoms with van der Waals surface area (Å²) in [6.07, 6.45) is 1.46. The van der Waals surface area contributed by atoms with Gasteiger partial charge < -0.3 is 20.3 Å². The molecule has 0 fully saturated rings. The number of carbonyl (C=O) groups is 3. The van der Waals surface area contributed by atoms with E-state index in [1.165, 1.54) is 29.2 Å². The standard InChI is InChI=1S/C21H20N2O6/c1-3-29-20(28)21(2)12-16(18(25)23(21)14-7-5-4-6-8-14)22-13-9-10-15(19(26)27)17(24)11-13/h4-12,22,24H,3H2,1-2H3,(H,26,27)/t21-/m0/s1. The Morgan fingerprint density at radius 3 is 2.45 bits per heavy atom. The number of carboxylic acid groups (broad SMARTS) is 1. The van der Waals surface area contributed by atoms with Crippen LogP contribution in [0.15, 0.2) is 60.3 Å². The molecular formula is C21H20N2O6. The zero-order chi connectivity index (χ0) is 21.2. The smallest absolute Gasteiger partial charge is 0.339 e. The van der Waals surface area contributed by atoms with Crippen molar-refractivity contribution >= 4 is 29.2 Å². The largest absolute Gasteiger partial charge is 0.507 e. The molecule has 1 aliphatic rings. The maximum absolute atomic E-state index is 13.1. The van der Waals surface area contributed by atoms with Gasteiger partial charge >= 0.3 is 11.9 Å². The van der Waals surface area contributed by atoms with Crippen molar-refractivity contribution in [3.05, 3.63) is 65.9 Å². The van der Waals surface area contributed by atoms with E-state index >= 15 is 0 Å². The highest BCUT2D eigenvalue weighted by molar-refractivity contribution is 6.16. The van der Waals surface area contributed by atoms with Gasteiger partial charge in [0.05, 0.1) is 6.61 Å². The predicted octanol–water partition coefficient (Wildman–Crippen LogP) is 2.75. The number of nitrogens with one attached hydrogen (secondary N) is 1. The van der Waals surface area contributed by atoms with E-state index in [2.05, 4.69) is 5.32 Å². The lowest BCUT2D eigenvalue weighted by Gasteiger charge is -2.32. The molecule has 150 valence electrons. The Labute approximate surface area is 167 Å². The molecule has 3 rings (SSSR count). The Morgan fingerprint density at radius 2 is 1.86 bits per heavy atom. The number of para-hydroxylation sites is 1. The van der Waals surface area contributed by atoms with E-state index in [0.29, 0.717) is 11.4 Å². The van der Waals surface area contributed by atoms with Crippen LogP contribution in [0.5, 0.6) is 5.75 Å². The predicted molar refractivity (Wildman–Crippen MR) is 106 cm³/mol. The molecule has 29 heavy (non-hydrogen) atoms. The summed E-state index contributed by atoms with van der Waals surface area (Å²) in [6.45, 7) is 3.42. The number of benzene rings is 2. The van der Waals surface area contributed by atoms with Crippen molar-refractivity contribution in [1.82, 2.24) is 0 Å². The lowest BCUT2D eigenvalue weighted by atomic mass is 10.0. The van der Waals surface area contributed by atoms with Crippen LogP contribution in [0.25, 0.3) is 0 Å². The van der Waals surface area contributed by atoms with Gasteiger partial charge in [0.15, 0.2) is 5.54 Å². The number of anilines is 2.